The average Bonchev–Trinajstić information content (AvgIpc) is 2.90. The van der Waals surface area contributed by atoms with E-state index in [9.17, 15) is 0 Å². The van der Waals surface area contributed by atoms with Gasteiger partial charge < -0.3 is 14.6 Å². The van der Waals surface area contributed by atoms with Gasteiger partial charge in [-0.15, -0.1) is 0 Å². The third-order valence-corrected chi connectivity index (χ3v) is 3.30. The lowest BCUT2D eigenvalue weighted by Crippen LogP contribution is -2.23. The molecule has 2 aromatic rings. The van der Waals surface area contributed by atoms with Crippen LogP contribution in [0.25, 0.3) is 0 Å². The maximum Gasteiger partial charge on any atom is 0.122 e. The van der Waals surface area contributed by atoms with Crippen LogP contribution in [-0.4, -0.2) is 22.7 Å². The molecule has 0 bridgehead atoms. The van der Waals surface area contributed by atoms with E-state index in [2.05, 4.69) is 34.8 Å². The number of para-hydroxylation sites is 1. The Morgan fingerprint density at radius 2 is 2.10 bits per heavy atom. The van der Waals surface area contributed by atoms with E-state index in [4.69, 9.17) is 4.74 Å². The molecule has 0 unspecified atom stereocenters. The number of hydrogen-bond donors (Lipinski definition) is 1. The maximum absolute atomic E-state index is 5.39. The Hall–Kier alpha value is -1.81. The molecule has 20 heavy (non-hydrogen) atoms. The molecule has 0 aliphatic carbocycles. The molecule has 1 heterocycles. The highest BCUT2D eigenvalue weighted by Gasteiger charge is 2.05. The topological polar surface area (TPSA) is 39.1 Å². The lowest BCUT2D eigenvalue weighted by atomic mass is 10.1. The molecule has 0 spiro atoms. The minimum absolute atomic E-state index is 0.479. The van der Waals surface area contributed by atoms with E-state index in [1.54, 1.807) is 7.11 Å². The standard InChI is InChI=1S/C16H23N3O/c1-13(2)18-11-15-10-17-12-19(15)9-8-14-6-4-5-7-16(14)20-3/h4-7,10,12-13,18H,8-9,11H2,1-3H3. The first-order valence-electron chi connectivity index (χ1n) is 7.05. The third-order valence-electron chi connectivity index (χ3n) is 3.30. The molecular formula is C16H23N3O. The smallest absolute Gasteiger partial charge is 0.122 e. The number of ether oxygens (including phenoxy) is 1. The fourth-order valence-electron chi connectivity index (χ4n) is 2.16. The summed E-state index contributed by atoms with van der Waals surface area (Å²) in [5.74, 6) is 0.953. The number of imidazole rings is 1. The number of hydrogen-bond acceptors (Lipinski definition) is 3. The average molecular weight is 273 g/mol. The number of aryl methyl sites for hydroxylation is 2. The van der Waals surface area contributed by atoms with Crippen molar-refractivity contribution >= 4 is 0 Å². The Balaban J connectivity index is 1.99. The molecule has 108 valence electrons. The second-order valence-corrected chi connectivity index (χ2v) is 5.18. The number of rotatable bonds is 7. The van der Waals surface area contributed by atoms with Crippen molar-refractivity contribution < 1.29 is 4.74 Å². The van der Waals surface area contributed by atoms with Crippen molar-refractivity contribution in [1.82, 2.24) is 14.9 Å². The molecule has 0 amide bonds. The van der Waals surface area contributed by atoms with E-state index < -0.39 is 0 Å². The molecule has 0 saturated carbocycles. The lowest BCUT2D eigenvalue weighted by Gasteiger charge is -2.12. The van der Waals surface area contributed by atoms with Crippen molar-refractivity contribution in [3.05, 3.63) is 48.0 Å². The molecule has 4 heteroatoms. The molecular weight excluding hydrogens is 250 g/mol. The summed E-state index contributed by atoms with van der Waals surface area (Å²) in [5, 5.41) is 3.42. The van der Waals surface area contributed by atoms with Gasteiger partial charge in [0.2, 0.25) is 0 Å². The van der Waals surface area contributed by atoms with Gasteiger partial charge in [-0.2, -0.15) is 0 Å². The number of benzene rings is 1. The number of aromatic nitrogens is 2. The van der Waals surface area contributed by atoms with Crippen LogP contribution in [0.1, 0.15) is 25.1 Å². The first kappa shape index (κ1) is 14.6. The van der Waals surface area contributed by atoms with Gasteiger partial charge in [0.1, 0.15) is 5.75 Å². The molecule has 0 radical (unpaired) electrons. The van der Waals surface area contributed by atoms with Crippen molar-refractivity contribution in [2.75, 3.05) is 7.11 Å². The Kier molecular flexibility index (Phi) is 5.18. The molecule has 0 saturated heterocycles. The van der Waals surface area contributed by atoms with E-state index >= 15 is 0 Å². The van der Waals surface area contributed by atoms with E-state index in [1.807, 2.05) is 30.7 Å². The molecule has 2 rings (SSSR count). The van der Waals surface area contributed by atoms with Gasteiger partial charge in [0.25, 0.3) is 0 Å². The van der Waals surface area contributed by atoms with Crippen molar-refractivity contribution in [2.45, 2.75) is 39.4 Å². The highest BCUT2D eigenvalue weighted by atomic mass is 16.5. The first-order valence-corrected chi connectivity index (χ1v) is 7.05. The van der Waals surface area contributed by atoms with Gasteiger partial charge in [-0.05, 0) is 18.1 Å². The fourth-order valence-corrected chi connectivity index (χ4v) is 2.16. The van der Waals surface area contributed by atoms with Crippen LogP contribution in [0.5, 0.6) is 5.75 Å². The van der Waals surface area contributed by atoms with Gasteiger partial charge in [-0.25, -0.2) is 4.98 Å². The minimum Gasteiger partial charge on any atom is -0.496 e. The van der Waals surface area contributed by atoms with Crippen LogP contribution < -0.4 is 10.1 Å². The molecule has 0 fully saturated rings. The molecule has 1 N–H and O–H groups in total. The van der Waals surface area contributed by atoms with Crippen molar-refractivity contribution in [1.29, 1.82) is 0 Å². The van der Waals surface area contributed by atoms with Gasteiger partial charge in [-0.1, -0.05) is 32.0 Å². The summed E-state index contributed by atoms with van der Waals surface area (Å²) in [4.78, 5) is 4.25. The Labute approximate surface area is 120 Å². The van der Waals surface area contributed by atoms with Crippen LogP contribution >= 0.6 is 0 Å². The van der Waals surface area contributed by atoms with Crippen LogP contribution in [0.4, 0.5) is 0 Å². The predicted octanol–water partition coefficient (Wildman–Crippen LogP) is 2.63. The zero-order valence-electron chi connectivity index (χ0n) is 12.5. The van der Waals surface area contributed by atoms with Crippen LogP contribution in [0.15, 0.2) is 36.8 Å². The predicted molar refractivity (Wildman–Crippen MR) is 80.9 cm³/mol. The zero-order valence-corrected chi connectivity index (χ0v) is 12.5. The summed E-state index contributed by atoms with van der Waals surface area (Å²) in [6.45, 7) is 6.06. The van der Waals surface area contributed by atoms with Crippen LogP contribution in [0, 0.1) is 0 Å². The van der Waals surface area contributed by atoms with Crippen molar-refractivity contribution in [3.63, 3.8) is 0 Å². The highest BCUT2D eigenvalue weighted by Crippen LogP contribution is 2.18. The van der Waals surface area contributed by atoms with Gasteiger partial charge in [-0.3, -0.25) is 0 Å². The van der Waals surface area contributed by atoms with Crippen LogP contribution in [0.3, 0.4) is 0 Å². The molecule has 0 aliphatic heterocycles. The molecule has 4 nitrogen and oxygen atoms in total. The minimum atomic E-state index is 0.479. The monoisotopic (exact) mass is 273 g/mol. The first-order chi connectivity index (χ1) is 9.70. The molecule has 1 aromatic heterocycles. The summed E-state index contributed by atoms with van der Waals surface area (Å²) in [6.07, 6.45) is 4.76. The van der Waals surface area contributed by atoms with Crippen LogP contribution in [-0.2, 0) is 19.5 Å². The number of methoxy groups -OCH3 is 1. The summed E-state index contributed by atoms with van der Waals surface area (Å²) < 4.78 is 7.58. The van der Waals surface area contributed by atoms with E-state index in [-0.39, 0.29) is 0 Å². The molecule has 0 aliphatic rings. The van der Waals surface area contributed by atoms with Crippen molar-refractivity contribution in [3.8, 4) is 5.75 Å². The zero-order chi connectivity index (χ0) is 14.4. The maximum atomic E-state index is 5.39. The quantitative estimate of drug-likeness (QED) is 0.843. The molecule has 1 aromatic carbocycles. The largest absolute Gasteiger partial charge is 0.496 e. The summed E-state index contributed by atoms with van der Waals surface area (Å²) in [6, 6.07) is 8.64. The number of nitrogens with one attached hydrogen (secondary N) is 1. The normalized spacial score (nSPS) is 11.0. The Morgan fingerprint density at radius 1 is 1.30 bits per heavy atom. The van der Waals surface area contributed by atoms with Crippen LogP contribution in [0.2, 0.25) is 0 Å². The Morgan fingerprint density at radius 3 is 2.85 bits per heavy atom. The summed E-state index contributed by atoms with van der Waals surface area (Å²) >= 11 is 0. The third kappa shape index (κ3) is 3.84. The summed E-state index contributed by atoms with van der Waals surface area (Å²) in [5.41, 5.74) is 2.44. The second kappa shape index (κ2) is 7.10. The van der Waals surface area contributed by atoms with E-state index in [1.165, 1.54) is 11.3 Å². The SMILES string of the molecule is COc1ccccc1CCn1cncc1CNC(C)C. The van der Waals surface area contributed by atoms with Gasteiger partial charge in [0, 0.05) is 25.3 Å². The lowest BCUT2D eigenvalue weighted by molar-refractivity contribution is 0.408. The summed E-state index contributed by atoms with van der Waals surface area (Å²) in [7, 11) is 1.72. The van der Waals surface area contributed by atoms with E-state index in [0.29, 0.717) is 6.04 Å². The molecule has 0 atom stereocenters. The van der Waals surface area contributed by atoms with E-state index in [0.717, 1.165) is 25.3 Å². The number of nitrogens with zero attached hydrogens (tertiary/aromatic N) is 2. The van der Waals surface area contributed by atoms with Gasteiger partial charge in [0.05, 0.1) is 19.1 Å². The highest BCUT2D eigenvalue weighted by molar-refractivity contribution is 5.33. The second-order valence-electron chi connectivity index (χ2n) is 5.18. The fraction of sp³-hybridized carbons (Fsp3) is 0.438. The Bertz CT molecular complexity index is 534. The van der Waals surface area contributed by atoms with Gasteiger partial charge >= 0.3 is 0 Å². The van der Waals surface area contributed by atoms with Gasteiger partial charge in [0.15, 0.2) is 0 Å². The van der Waals surface area contributed by atoms with Crippen molar-refractivity contribution in [2.24, 2.45) is 0 Å².